The summed E-state index contributed by atoms with van der Waals surface area (Å²) >= 11 is 0. The van der Waals surface area contributed by atoms with Crippen molar-refractivity contribution < 1.29 is 9.53 Å². The fraction of sp³-hybridized carbons (Fsp3) is 0.385. The molecule has 0 atom stereocenters. The lowest BCUT2D eigenvalue weighted by atomic mass is 10.3. The minimum atomic E-state index is -0.125. The number of benzene rings is 1. The fourth-order valence-electron chi connectivity index (χ4n) is 1.50. The molecule has 0 heterocycles. The molecule has 1 aromatic carbocycles. The molecule has 5 heteroatoms. The molecule has 1 N–H and O–H groups in total. The zero-order chi connectivity index (χ0) is 13.4. The van der Waals surface area contributed by atoms with E-state index in [4.69, 9.17) is 10.00 Å². The van der Waals surface area contributed by atoms with E-state index in [1.54, 1.807) is 31.2 Å². The normalized spacial score (nSPS) is 9.89. The van der Waals surface area contributed by atoms with E-state index in [-0.39, 0.29) is 12.5 Å². The molecule has 0 radical (unpaired) electrons. The summed E-state index contributed by atoms with van der Waals surface area (Å²) in [5.41, 5.74) is 0.652. The number of methoxy groups -OCH3 is 1. The molecule has 0 aromatic heterocycles. The molecule has 0 spiro atoms. The van der Waals surface area contributed by atoms with Gasteiger partial charge in [-0.05, 0) is 19.2 Å². The van der Waals surface area contributed by atoms with Crippen LogP contribution in [0.2, 0.25) is 0 Å². The molecule has 0 aliphatic heterocycles. The van der Waals surface area contributed by atoms with Crippen molar-refractivity contribution in [3.63, 3.8) is 0 Å². The minimum Gasteiger partial charge on any atom is -0.495 e. The summed E-state index contributed by atoms with van der Waals surface area (Å²) < 4.78 is 5.14. The van der Waals surface area contributed by atoms with Gasteiger partial charge in [0, 0.05) is 13.0 Å². The van der Waals surface area contributed by atoms with Crippen molar-refractivity contribution in [1.82, 2.24) is 4.90 Å². The highest BCUT2D eigenvalue weighted by molar-refractivity contribution is 5.93. The van der Waals surface area contributed by atoms with Gasteiger partial charge in [-0.1, -0.05) is 12.1 Å². The van der Waals surface area contributed by atoms with Crippen molar-refractivity contribution in [3.05, 3.63) is 24.3 Å². The second-order valence-corrected chi connectivity index (χ2v) is 3.89. The van der Waals surface area contributed by atoms with Gasteiger partial charge in [0.1, 0.15) is 5.75 Å². The lowest BCUT2D eigenvalue weighted by Gasteiger charge is -2.15. The van der Waals surface area contributed by atoms with Gasteiger partial charge >= 0.3 is 0 Å². The maximum absolute atomic E-state index is 11.8. The first-order valence-electron chi connectivity index (χ1n) is 5.65. The summed E-state index contributed by atoms with van der Waals surface area (Å²) in [6, 6.07) is 9.29. The maximum Gasteiger partial charge on any atom is 0.238 e. The molecule has 0 saturated carbocycles. The molecule has 1 amide bonds. The molecule has 0 bridgehead atoms. The molecule has 1 aromatic rings. The van der Waals surface area contributed by atoms with Crippen molar-refractivity contribution in [2.45, 2.75) is 6.42 Å². The van der Waals surface area contributed by atoms with Gasteiger partial charge in [-0.15, -0.1) is 0 Å². The fourth-order valence-corrected chi connectivity index (χ4v) is 1.50. The molecule has 5 nitrogen and oxygen atoms in total. The van der Waals surface area contributed by atoms with Gasteiger partial charge in [-0.2, -0.15) is 5.26 Å². The Labute approximate surface area is 107 Å². The molecule has 0 aliphatic carbocycles. The largest absolute Gasteiger partial charge is 0.495 e. The predicted octanol–water partition coefficient (Wildman–Crippen LogP) is 1.48. The molecular formula is C13H17N3O2. The van der Waals surface area contributed by atoms with Crippen LogP contribution in [-0.2, 0) is 4.79 Å². The Kier molecular flexibility index (Phi) is 5.68. The molecular weight excluding hydrogens is 230 g/mol. The van der Waals surface area contributed by atoms with E-state index in [1.165, 1.54) is 0 Å². The highest BCUT2D eigenvalue weighted by Gasteiger charge is 2.09. The SMILES string of the molecule is COc1ccccc1NC(=O)CN(C)CCC#N. The summed E-state index contributed by atoms with van der Waals surface area (Å²) in [5, 5.41) is 11.2. The number of hydrogen-bond acceptors (Lipinski definition) is 4. The van der Waals surface area contributed by atoms with E-state index >= 15 is 0 Å². The van der Waals surface area contributed by atoms with Crippen molar-refractivity contribution in [2.75, 3.05) is 32.6 Å². The van der Waals surface area contributed by atoms with E-state index in [0.29, 0.717) is 24.4 Å². The third-order valence-electron chi connectivity index (χ3n) is 2.40. The van der Waals surface area contributed by atoms with Gasteiger partial charge in [0.15, 0.2) is 0 Å². The second kappa shape index (κ2) is 7.30. The number of anilines is 1. The van der Waals surface area contributed by atoms with E-state index in [0.717, 1.165) is 0 Å². The molecule has 0 unspecified atom stereocenters. The Balaban J connectivity index is 2.52. The van der Waals surface area contributed by atoms with Crippen molar-refractivity contribution in [3.8, 4) is 11.8 Å². The third-order valence-corrected chi connectivity index (χ3v) is 2.40. The van der Waals surface area contributed by atoms with Crippen LogP contribution in [0.5, 0.6) is 5.75 Å². The standard InChI is InChI=1S/C13H17N3O2/c1-16(9-5-8-14)10-13(17)15-11-6-3-4-7-12(11)18-2/h3-4,6-7H,5,9-10H2,1-2H3,(H,15,17). The van der Waals surface area contributed by atoms with Crippen LogP contribution in [0.25, 0.3) is 0 Å². The predicted molar refractivity (Wildman–Crippen MR) is 69.4 cm³/mol. The number of carbonyl (C=O) groups excluding carboxylic acids is 1. The van der Waals surface area contributed by atoms with Crippen LogP contribution in [0, 0.1) is 11.3 Å². The third kappa shape index (κ3) is 4.44. The molecule has 0 fully saturated rings. The number of carbonyl (C=O) groups is 1. The van der Waals surface area contributed by atoms with Crippen LogP contribution in [0.1, 0.15) is 6.42 Å². The maximum atomic E-state index is 11.8. The summed E-state index contributed by atoms with van der Waals surface area (Å²) in [6.45, 7) is 0.829. The van der Waals surface area contributed by atoms with E-state index in [2.05, 4.69) is 5.32 Å². The molecule has 18 heavy (non-hydrogen) atoms. The summed E-state index contributed by atoms with van der Waals surface area (Å²) in [5.74, 6) is 0.505. The zero-order valence-electron chi connectivity index (χ0n) is 10.6. The summed E-state index contributed by atoms with van der Waals surface area (Å²) in [4.78, 5) is 13.6. The first-order valence-corrected chi connectivity index (χ1v) is 5.65. The van der Waals surface area contributed by atoms with Crippen LogP contribution in [0.3, 0.4) is 0 Å². The Hall–Kier alpha value is -2.06. The molecule has 1 rings (SSSR count). The van der Waals surface area contributed by atoms with E-state index in [9.17, 15) is 4.79 Å². The number of hydrogen-bond donors (Lipinski definition) is 1. The summed E-state index contributed by atoms with van der Waals surface area (Å²) in [6.07, 6.45) is 0.415. The first-order chi connectivity index (χ1) is 8.67. The lowest BCUT2D eigenvalue weighted by Crippen LogP contribution is -2.30. The van der Waals surface area contributed by atoms with Crippen LogP contribution in [0.4, 0.5) is 5.69 Å². The van der Waals surface area contributed by atoms with Gasteiger partial charge in [0.05, 0.1) is 25.4 Å². The molecule has 0 aliphatic rings. The quantitative estimate of drug-likeness (QED) is 0.827. The number of rotatable bonds is 6. The van der Waals surface area contributed by atoms with Crippen LogP contribution in [0.15, 0.2) is 24.3 Å². The summed E-state index contributed by atoms with van der Waals surface area (Å²) in [7, 11) is 3.36. The Morgan fingerprint density at radius 3 is 2.89 bits per heavy atom. The Morgan fingerprint density at radius 2 is 2.22 bits per heavy atom. The topological polar surface area (TPSA) is 65.4 Å². The number of ether oxygens (including phenoxy) is 1. The number of para-hydroxylation sites is 2. The monoisotopic (exact) mass is 247 g/mol. The molecule has 96 valence electrons. The van der Waals surface area contributed by atoms with Crippen molar-refractivity contribution in [1.29, 1.82) is 5.26 Å². The van der Waals surface area contributed by atoms with E-state index < -0.39 is 0 Å². The number of nitriles is 1. The average molecular weight is 247 g/mol. The van der Waals surface area contributed by atoms with Crippen molar-refractivity contribution >= 4 is 11.6 Å². The van der Waals surface area contributed by atoms with Crippen molar-refractivity contribution in [2.24, 2.45) is 0 Å². The van der Waals surface area contributed by atoms with Gasteiger partial charge < -0.3 is 10.1 Å². The lowest BCUT2D eigenvalue weighted by molar-refractivity contribution is -0.117. The van der Waals surface area contributed by atoms with Crippen LogP contribution >= 0.6 is 0 Å². The Bertz CT molecular complexity index is 440. The second-order valence-electron chi connectivity index (χ2n) is 3.89. The molecule has 0 saturated heterocycles. The van der Waals surface area contributed by atoms with Gasteiger partial charge in [-0.3, -0.25) is 9.69 Å². The average Bonchev–Trinajstić information content (AvgIpc) is 2.36. The van der Waals surface area contributed by atoms with Gasteiger partial charge in [-0.25, -0.2) is 0 Å². The number of amides is 1. The van der Waals surface area contributed by atoms with E-state index in [1.807, 2.05) is 18.2 Å². The van der Waals surface area contributed by atoms with Gasteiger partial charge in [0.2, 0.25) is 5.91 Å². The highest BCUT2D eigenvalue weighted by atomic mass is 16.5. The number of nitrogens with zero attached hydrogens (tertiary/aromatic N) is 2. The zero-order valence-corrected chi connectivity index (χ0v) is 10.6. The highest BCUT2D eigenvalue weighted by Crippen LogP contribution is 2.22. The number of likely N-dealkylation sites (N-methyl/N-ethyl adjacent to an activating group) is 1. The Morgan fingerprint density at radius 1 is 1.50 bits per heavy atom. The van der Waals surface area contributed by atoms with Gasteiger partial charge in [0.25, 0.3) is 0 Å². The van der Waals surface area contributed by atoms with Crippen LogP contribution in [-0.4, -0.2) is 38.1 Å². The first kappa shape index (κ1) is 14.0. The smallest absolute Gasteiger partial charge is 0.238 e. The van der Waals surface area contributed by atoms with Crippen LogP contribution < -0.4 is 10.1 Å². The minimum absolute atomic E-state index is 0.125. The number of nitrogens with one attached hydrogen (secondary N) is 1.